The lowest BCUT2D eigenvalue weighted by Crippen LogP contribution is -2.22. The van der Waals surface area contributed by atoms with E-state index < -0.39 is 0 Å². The van der Waals surface area contributed by atoms with Gasteiger partial charge in [0.15, 0.2) is 0 Å². The second kappa shape index (κ2) is 6.29. The SMILES string of the molecule is O=C(C[CH]O)CNCc1ccccc1. The van der Waals surface area contributed by atoms with Crippen LogP contribution in [0.1, 0.15) is 12.0 Å². The number of hydrogen-bond donors (Lipinski definition) is 2. The minimum atomic E-state index is -0.0107. The lowest BCUT2D eigenvalue weighted by atomic mass is 10.2. The number of rotatable bonds is 6. The van der Waals surface area contributed by atoms with E-state index in [1.54, 1.807) is 0 Å². The van der Waals surface area contributed by atoms with Crippen LogP contribution in [-0.2, 0) is 11.3 Å². The molecule has 0 amide bonds. The molecule has 3 nitrogen and oxygen atoms in total. The lowest BCUT2D eigenvalue weighted by molar-refractivity contribution is -0.118. The van der Waals surface area contributed by atoms with Crippen LogP contribution in [0.3, 0.4) is 0 Å². The fourth-order valence-electron chi connectivity index (χ4n) is 1.12. The van der Waals surface area contributed by atoms with Crippen molar-refractivity contribution in [3.8, 4) is 0 Å². The molecule has 0 fully saturated rings. The van der Waals surface area contributed by atoms with E-state index in [4.69, 9.17) is 5.11 Å². The lowest BCUT2D eigenvalue weighted by Gasteiger charge is -2.02. The van der Waals surface area contributed by atoms with Crippen LogP contribution in [-0.4, -0.2) is 17.4 Å². The third-order valence-corrected chi connectivity index (χ3v) is 1.81. The van der Waals surface area contributed by atoms with Crippen molar-refractivity contribution < 1.29 is 9.90 Å². The number of carbonyl (C=O) groups is 1. The summed E-state index contributed by atoms with van der Waals surface area (Å²) in [5, 5.41) is 11.4. The molecule has 0 saturated heterocycles. The Morgan fingerprint density at radius 3 is 2.71 bits per heavy atom. The van der Waals surface area contributed by atoms with Crippen molar-refractivity contribution in [1.29, 1.82) is 0 Å². The van der Waals surface area contributed by atoms with Gasteiger partial charge in [-0.1, -0.05) is 30.3 Å². The van der Waals surface area contributed by atoms with E-state index >= 15 is 0 Å². The normalized spacial score (nSPS) is 10.1. The van der Waals surface area contributed by atoms with Gasteiger partial charge in [0.05, 0.1) is 13.2 Å². The summed E-state index contributed by atoms with van der Waals surface area (Å²) in [4.78, 5) is 11.0. The van der Waals surface area contributed by atoms with Crippen LogP contribution < -0.4 is 5.32 Å². The first-order valence-electron chi connectivity index (χ1n) is 4.55. The molecule has 75 valence electrons. The minimum absolute atomic E-state index is 0.0107. The molecular formula is C11H14NO2. The Bertz CT molecular complexity index is 272. The van der Waals surface area contributed by atoms with Gasteiger partial charge < -0.3 is 10.4 Å². The number of aliphatic hydroxyl groups excluding tert-OH is 1. The van der Waals surface area contributed by atoms with Crippen molar-refractivity contribution in [3.05, 3.63) is 42.5 Å². The maximum atomic E-state index is 11.0. The zero-order valence-electron chi connectivity index (χ0n) is 7.94. The number of carbonyl (C=O) groups excluding carboxylic acids is 1. The first-order chi connectivity index (χ1) is 6.83. The third-order valence-electron chi connectivity index (χ3n) is 1.81. The number of ketones is 1. The average Bonchev–Trinajstić information content (AvgIpc) is 2.20. The Morgan fingerprint density at radius 2 is 2.07 bits per heavy atom. The fraction of sp³-hybridized carbons (Fsp3) is 0.273. The van der Waals surface area contributed by atoms with Crippen LogP contribution in [0.25, 0.3) is 0 Å². The molecule has 0 bridgehead atoms. The summed E-state index contributed by atoms with van der Waals surface area (Å²) >= 11 is 0. The van der Waals surface area contributed by atoms with E-state index in [0.717, 1.165) is 12.2 Å². The van der Waals surface area contributed by atoms with E-state index in [2.05, 4.69) is 5.32 Å². The molecule has 1 aromatic rings. The standard InChI is InChI=1S/C11H14NO2/c13-7-6-11(14)9-12-8-10-4-2-1-3-5-10/h1-5,7,12-13H,6,8-9H2. The van der Waals surface area contributed by atoms with E-state index in [0.29, 0.717) is 13.1 Å². The highest BCUT2D eigenvalue weighted by Crippen LogP contribution is 1.96. The number of aliphatic hydroxyl groups is 1. The fourth-order valence-corrected chi connectivity index (χ4v) is 1.12. The number of Topliss-reactive ketones (excluding diaryl/α,β-unsaturated/α-hetero) is 1. The van der Waals surface area contributed by atoms with Crippen LogP contribution in [0.15, 0.2) is 30.3 Å². The molecule has 1 rings (SSSR count). The molecule has 0 saturated carbocycles. The average molecular weight is 192 g/mol. The maximum Gasteiger partial charge on any atom is 0.149 e. The van der Waals surface area contributed by atoms with E-state index in [9.17, 15) is 4.79 Å². The maximum absolute atomic E-state index is 11.0. The molecule has 2 N–H and O–H groups in total. The van der Waals surface area contributed by atoms with Gasteiger partial charge in [0, 0.05) is 13.0 Å². The van der Waals surface area contributed by atoms with Gasteiger partial charge >= 0.3 is 0 Å². The van der Waals surface area contributed by atoms with E-state index in [1.807, 2.05) is 30.3 Å². The molecule has 0 aliphatic rings. The van der Waals surface area contributed by atoms with Gasteiger partial charge in [0.25, 0.3) is 0 Å². The zero-order chi connectivity index (χ0) is 10.2. The molecule has 14 heavy (non-hydrogen) atoms. The molecule has 3 heteroatoms. The first-order valence-corrected chi connectivity index (χ1v) is 4.55. The summed E-state index contributed by atoms with van der Waals surface area (Å²) in [7, 11) is 0. The molecule has 1 radical (unpaired) electrons. The molecule has 0 aliphatic carbocycles. The van der Waals surface area contributed by atoms with Gasteiger partial charge in [-0.3, -0.25) is 4.79 Å². The molecular weight excluding hydrogens is 178 g/mol. The van der Waals surface area contributed by atoms with Crippen molar-refractivity contribution in [3.63, 3.8) is 0 Å². The van der Waals surface area contributed by atoms with Crippen molar-refractivity contribution >= 4 is 5.78 Å². The van der Waals surface area contributed by atoms with E-state index in [-0.39, 0.29) is 12.2 Å². The second-order valence-corrected chi connectivity index (χ2v) is 3.01. The molecule has 0 aliphatic heterocycles. The summed E-state index contributed by atoms with van der Waals surface area (Å²) < 4.78 is 0. The summed E-state index contributed by atoms with van der Waals surface area (Å²) in [6, 6.07) is 9.86. The van der Waals surface area contributed by atoms with E-state index in [1.165, 1.54) is 0 Å². The van der Waals surface area contributed by atoms with Crippen molar-refractivity contribution in [2.75, 3.05) is 6.54 Å². The highest BCUT2D eigenvalue weighted by molar-refractivity contribution is 5.81. The molecule has 0 aromatic heterocycles. The van der Waals surface area contributed by atoms with Gasteiger partial charge in [0.2, 0.25) is 0 Å². The number of nitrogens with one attached hydrogen (secondary N) is 1. The largest absolute Gasteiger partial charge is 0.390 e. The predicted octanol–water partition coefficient (Wildman–Crippen LogP) is 1.27. The molecule has 1 aromatic carbocycles. The highest BCUT2D eigenvalue weighted by Gasteiger charge is 1.99. The summed E-state index contributed by atoms with van der Waals surface area (Å²) in [5.41, 5.74) is 1.15. The van der Waals surface area contributed by atoms with Crippen LogP contribution in [0.2, 0.25) is 0 Å². The highest BCUT2D eigenvalue weighted by atomic mass is 16.3. The second-order valence-electron chi connectivity index (χ2n) is 3.01. The minimum Gasteiger partial charge on any atom is -0.390 e. The first kappa shape index (κ1) is 10.9. The Labute approximate surface area is 83.8 Å². The Hall–Kier alpha value is -1.19. The summed E-state index contributed by atoms with van der Waals surface area (Å²) in [6.07, 6.45) is 0.113. The molecule has 0 atom stereocenters. The zero-order valence-corrected chi connectivity index (χ0v) is 7.94. The smallest absolute Gasteiger partial charge is 0.149 e. The molecule has 0 heterocycles. The summed E-state index contributed by atoms with van der Waals surface area (Å²) in [6.45, 7) is 1.86. The van der Waals surface area contributed by atoms with Crippen molar-refractivity contribution in [1.82, 2.24) is 5.32 Å². The van der Waals surface area contributed by atoms with Gasteiger partial charge in [-0.05, 0) is 5.56 Å². The Morgan fingerprint density at radius 1 is 1.36 bits per heavy atom. The van der Waals surface area contributed by atoms with Crippen LogP contribution in [0.5, 0.6) is 0 Å². The Balaban J connectivity index is 2.19. The van der Waals surface area contributed by atoms with Gasteiger partial charge in [-0.15, -0.1) is 0 Å². The van der Waals surface area contributed by atoms with Gasteiger partial charge in [-0.25, -0.2) is 0 Å². The quantitative estimate of drug-likeness (QED) is 0.713. The predicted molar refractivity (Wildman–Crippen MR) is 54.0 cm³/mol. The van der Waals surface area contributed by atoms with Crippen LogP contribution >= 0.6 is 0 Å². The number of benzene rings is 1. The summed E-state index contributed by atoms with van der Waals surface area (Å²) in [5.74, 6) is -0.0107. The van der Waals surface area contributed by atoms with Crippen molar-refractivity contribution in [2.45, 2.75) is 13.0 Å². The monoisotopic (exact) mass is 192 g/mol. The topological polar surface area (TPSA) is 49.3 Å². The Kier molecular flexibility index (Phi) is 4.89. The van der Waals surface area contributed by atoms with Crippen LogP contribution in [0, 0.1) is 6.61 Å². The van der Waals surface area contributed by atoms with Crippen molar-refractivity contribution in [2.24, 2.45) is 0 Å². The molecule has 0 unspecified atom stereocenters. The third kappa shape index (κ3) is 4.16. The van der Waals surface area contributed by atoms with Gasteiger partial charge in [0.1, 0.15) is 5.78 Å². The van der Waals surface area contributed by atoms with Gasteiger partial charge in [-0.2, -0.15) is 0 Å². The number of hydrogen-bond acceptors (Lipinski definition) is 3. The molecule has 0 spiro atoms. The van der Waals surface area contributed by atoms with Crippen LogP contribution in [0.4, 0.5) is 0 Å².